The second kappa shape index (κ2) is 6.98. The number of hydrogen-bond donors (Lipinski definition) is 1. The molecular formula is C15H15N2OSe. The van der Waals surface area contributed by atoms with E-state index < -0.39 is 0 Å². The van der Waals surface area contributed by atoms with Crippen LogP contribution in [0.25, 0.3) is 0 Å². The molecule has 1 radical (unpaired) electrons. The molecule has 2 aromatic carbocycles. The van der Waals surface area contributed by atoms with E-state index >= 15 is 0 Å². The number of nitrogens with zero attached hydrogens (tertiary/aromatic N) is 1. The molecular weight excluding hydrogens is 303 g/mol. The zero-order valence-corrected chi connectivity index (χ0v) is 12.4. The summed E-state index contributed by atoms with van der Waals surface area (Å²) in [4.78, 5) is 4.45. The van der Waals surface area contributed by atoms with Crippen LogP contribution in [0.2, 0.25) is 0 Å². The summed E-state index contributed by atoms with van der Waals surface area (Å²) in [7, 11) is 1.66. The van der Waals surface area contributed by atoms with Crippen molar-refractivity contribution in [1.29, 1.82) is 0 Å². The van der Waals surface area contributed by atoms with E-state index in [1.807, 2.05) is 42.5 Å². The number of nitrogens with one attached hydrogen (secondary N) is 1. The number of anilines is 1. The first kappa shape index (κ1) is 13.7. The van der Waals surface area contributed by atoms with Crippen molar-refractivity contribution in [3.8, 4) is 5.75 Å². The molecule has 0 unspecified atom stereocenters. The summed E-state index contributed by atoms with van der Waals surface area (Å²) in [6.07, 6.45) is 0. The van der Waals surface area contributed by atoms with Crippen molar-refractivity contribution < 1.29 is 4.74 Å². The van der Waals surface area contributed by atoms with E-state index in [9.17, 15) is 0 Å². The van der Waals surface area contributed by atoms with Crippen LogP contribution in [0.4, 0.5) is 5.69 Å². The van der Waals surface area contributed by atoms with Crippen molar-refractivity contribution in [2.45, 2.75) is 6.54 Å². The molecule has 2 rings (SSSR count). The van der Waals surface area contributed by atoms with Gasteiger partial charge in [0.15, 0.2) is 0 Å². The molecule has 3 nitrogen and oxygen atoms in total. The quantitative estimate of drug-likeness (QED) is 0.534. The molecule has 0 amide bonds. The molecule has 1 N–H and O–H groups in total. The van der Waals surface area contributed by atoms with Crippen molar-refractivity contribution in [3.05, 3.63) is 60.2 Å². The Balaban J connectivity index is 1.94. The molecule has 97 valence electrons. The van der Waals surface area contributed by atoms with Gasteiger partial charge in [-0.3, -0.25) is 0 Å². The summed E-state index contributed by atoms with van der Waals surface area (Å²) in [6, 6.07) is 17.9. The van der Waals surface area contributed by atoms with Gasteiger partial charge in [0.1, 0.15) is 0 Å². The monoisotopic (exact) mass is 319 g/mol. The number of hydrogen-bond acceptors (Lipinski definition) is 2. The van der Waals surface area contributed by atoms with Gasteiger partial charge in [-0.25, -0.2) is 0 Å². The normalized spacial score (nSPS) is 11.1. The van der Waals surface area contributed by atoms with E-state index in [1.165, 1.54) is 5.56 Å². The van der Waals surface area contributed by atoms with E-state index in [4.69, 9.17) is 4.74 Å². The van der Waals surface area contributed by atoms with Gasteiger partial charge < -0.3 is 0 Å². The molecule has 0 saturated carbocycles. The maximum atomic E-state index is 5.11. The Labute approximate surface area is 121 Å². The minimum atomic E-state index is 0.659. The molecule has 0 aromatic heterocycles. The van der Waals surface area contributed by atoms with Crippen LogP contribution >= 0.6 is 0 Å². The molecule has 0 heterocycles. The average molecular weight is 318 g/mol. The number of methoxy groups -OCH3 is 1. The van der Waals surface area contributed by atoms with Crippen molar-refractivity contribution >= 4 is 26.4 Å². The first-order valence-electron chi connectivity index (χ1n) is 5.94. The first-order valence-corrected chi connectivity index (χ1v) is 6.80. The summed E-state index contributed by atoms with van der Waals surface area (Å²) in [5.41, 5.74) is 2.16. The topological polar surface area (TPSA) is 33.6 Å². The average Bonchev–Trinajstić information content (AvgIpc) is 2.47. The molecule has 0 spiro atoms. The summed E-state index contributed by atoms with van der Waals surface area (Å²) < 4.78 is 5.89. The number of rotatable bonds is 4. The predicted molar refractivity (Wildman–Crippen MR) is 80.0 cm³/mol. The zero-order chi connectivity index (χ0) is 13.5. The van der Waals surface area contributed by atoms with E-state index in [1.54, 1.807) is 7.11 Å². The third-order valence-corrected chi connectivity index (χ3v) is 3.07. The van der Waals surface area contributed by atoms with Crippen molar-refractivity contribution in [2.24, 2.45) is 4.99 Å². The Hall–Kier alpha value is -1.77. The minimum absolute atomic E-state index is 0.659. The third kappa shape index (κ3) is 4.43. The summed E-state index contributed by atoms with van der Waals surface area (Å²) in [5, 5.41) is 3.20. The number of aliphatic imine (C=N–C) groups is 1. The van der Waals surface area contributed by atoms with Gasteiger partial charge in [0.05, 0.1) is 0 Å². The molecule has 0 bridgehead atoms. The molecule has 0 aliphatic heterocycles. The maximum absolute atomic E-state index is 5.11. The second-order valence-corrected chi connectivity index (χ2v) is 4.77. The predicted octanol–water partition coefficient (Wildman–Crippen LogP) is 2.83. The van der Waals surface area contributed by atoms with Gasteiger partial charge in [0.2, 0.25) is 0 Å². The molecule has 0 fully saturated rings. The molecule has 0 saturated heterocycles. The fourth-order valence-electron chi connectivity index (χ4n) is 1.58. The van der Waals surface area contributed by atoms with Gasteiger partial charge in [-0.1, -0.05) is 0 Å². The van der Waals surface area contributed by atoms with Crippen molar-refractivity contribution in [1.82, 2.24) is 0 Å². The van der Waals surface area contributed by atoms with Crippen LogP contribution in [0.3, 0.4) is 0 Å². The summed E-state index contributed by atoms with van der Waals surface area (Å²) in [6.45, 7) is 0.659. The SMILES string of the molecule is COc1ccc(NC([Se])=NCc2ccccc2)cc1. The number of amidine groups is 1. The van der Waals surface area contributed by atoms with E-state index in [0.717, 1.165) is 16.2 Å². The van der Waals surface area contributed by atoms with Gasteiger partial charge in [-0.15, -0.1) is 0 Å². The molecule has 4 heteroatoms. The van der Waals surface area contributed by atoms with Crippen LogP contribution in [-0.2, 0) is 6.54 Å². The number of benzene rings is 2. The fraction of sp³-hybridized carbons (Fsp3) is 0.133. The molecule has 2 aromatic rings. The van der Waals surface area contributed by atoms with Gasteiger partial charge in [-0.2, -0.15) is 0 Å². The van der Waals surface area contributed by atoms with Gasteiger partial charge in [0, 0.05) is 0 Å². The summed E-state index contributed by atoms with van der Waals surface area (Å²) in [5.74, 6) is 0.841. The van der Waals surface area contributed by atoms with Crippen LogP contribution in [0.5, 0.6) is 5.75 Å². The van der Waals surface area contributed by atoms with Crippen LogP contribution in [0.1, 0.15) is 5.56 Å². The fourth-order valence-corrected chi connectivity index (χ4v) is 1.97. The van der Waals surface area contributed by atoms with Crippen LogP contribution in [-0.4, -0.2) is 27.9 Å². The first-order chi connectivity index (χ1) is 9.28. The Morgan fingerprint density at radius 3 is 2.42 bits per heavy atom. The standard InChI is InChI=1S/C15H15N2OSe/c1-18-14-9-7-13(8-10-14)17-15(19)16-11-12-5-3-2-4-6-12/h2-10H,11H2,1H3,(H,16,17). The van der Waals surface area contributed by atoms with Crippen molar-refractivity contribution in [2.75, 3.05) is 12.4 Å². The van der Waals surface area contributed by atoms with Crippen LogP contribution in [0.15, 0.2) is 59.6 Å². The van der Waals surface area contributed by atoms with E-state index in [-0.39, 0.29) is 0 Å². The van der Waals surface area contributed by atoms with Gasteiger partial charge in [-0.05, 0) is 0 Å². The van der Waals surface area contributed by atoms with Gasteiger partial charge >= 0.3 is 121 Å². The Kier molecular flexibility index (Phi) is 5.01. The Bertz CT molecular complexity index is 538. The Morgan fingerprint density at radius 2 is 1.79 bits per heavy atom. The Morgan fingerprint density at radius 1 is 1.11 bits per heavy atom. The van der Waals surface area contributed by atoms with Crippen LogP contribution in [0, 0.1) is 0 Å². The number of ether oxygens (including phenoxy) is 1. The van der Waals surface area contributed by atoms with Crippen molar-refractivity contribution in [3.63, 3.8) is 0 Å². The van der Waals surface area contributed by atoms with Gasteiger partial charge in [0.25, 0.3) is 0 Å². The molecule has 0 aliphatic carbocycles. The van der Waals surface area contributed by atoms with E-state index in [0.29, 0.717) is 6.54 Å². The zero-order valence-electron chi connectivity index (χ0n) is 10.7. The molecule has 0 aliphatic rings. The third-order valence-electron chi connectivity index (χ3n) is 2.59. The molecule has 0 atom stereocenters. The molecule has 19 heavy (non-hydrogen) atoms. The van der Waals surface area contributed by atoms with E-state index in [2.05, 4.69) is 38.5 Å². The van der Waals surface area contributed by atoms with Crippen LogP contribution < -0.4 is 10.1 Å². The summed E-state index contributed by atoms with van der Waals surface area (Å²) >= 11 is 2.93. The second-order valence-electron chi connectivity index (χ2n) is 3.96.